The van der Waals surface area contributed by atoms with Gasteiger partial charge in [0.1, 0.15) is 32.5 Å². The maximum absolute atomic E-state index is 11.3. The first-order valence-corrected chi connectivity index (χ1v) is 7.50. The van der Waals surface area contributed by atoms with Gasteiger partial charge in [-0.15, -0.1) is 0 Å². The summed E-state index contributed by atoms with van der Waals surface area (Å²) in [6.07, 6.45) is -4.16. The molecule has 0 rings (SSSR count). The van der Waals surface area contributed by atoms with Gasteiger partial charge in [-0.2, -0.15) is 0 Å². The standard InChI is InChI=1S/C9H12N10O11/c10-14-12-8(16(21)22,17(23)24)3-1-5-29-7(20)30-6-2-4-9(13-15-11,18(25)26)19(27)28/h1-6H2. The summed E-state index contributed by atoms with van der Waals surface area (Å²) in [4.78, 5) is 53.1. The van der Waals surface area contributed by atoms with Gasteiger partial charge in [-0.05, 0) is 23.9 Å². The maximum Gasteiger partial charge on any atom is 0.545 e. The highest BCUT2D eigenvalue weighted by atomic mass is 16.7. The lowest BCUT2D eigenvalue weighted by Crippen LogP contribution is -2.44. The first-order chi connectivity index (χ1) is 14.0. The summed E-state index contributed by atoms with van der Waals surface area (Å²) in [6.45, 7) is -1.23. The molecule has 0 unspecified atom stereocenters. The van der Waals surface area contributed by atoms with Crippen LogP contribution in [0.5, 0.6) is 0 Å². The van der Waals surface area contributed by atoms with Gasteiger partial charge in [0, 0.05) is 9.82 Å². The minimum atomic E-state index is -3.18. The van der Waals surface area contributed by atoms with E-state index in [4.69, 9.17) is 11.1 Å². The second kappa shape index (κ2) is 11.4. The maximum atomic E-state index is 11.3. The SMILES string of the molecule is [N-]=[N+]=NC(CCCOC(=O)OCCCC(N=[N+]=[N-])([N+](=O)[O-])[N+](=O)[O-])([N+](=O)[O-])[N+](=O)[O-]. The van der Waals surface area contributed by atoms with Crippen LogP contribution >= 0.6 is 0 Å². The Morgan fingerprint density at radius 3 is 1.30 bits per heavy atom. The van der Waals surface area contributed by atoms with E-state index < -0.39 is 76.3 Å². The fraction of sp³-hybridized carbons (Fsp3) is 0.889. The number of azide groups is 2. The quantitative estimate of drug-likeness (QED) is 0.0551. The van der Waals surface area contributed by atoms with E-state index in [-0.39, 0.29) is 0 Å². The normalized spacial score (nSPS) is 10.7. The Morgan fingerprint density at radius 2 is 1.07 bits per heavy atom. The molecule has 0 N–H and O–H groups in total. The average Bonchev–Trinajstić information content (AvgIpc) is 2.65. The number of hydrogen-bond acceptors (Lipinski definition) is 13. The van der Waals surface area contributed by atoms with Crippen LogP contribution in [0.25, 0.3) is 20.9 Å². The molecule has 0 saturated carbocycles. The van der Waals surface area contributed by atoms with E-state index in [2.05, 4.69) is 29.5 Å². The summed E-state index contributed by atoms with van der Waals surface area (Å²) in [7, 11) is 0. The van der Waals surface area contributed by atoms with Gasteiger partial charge in [-0.25, -0.2) is 4.79 Å². The fourth-order valence-corrected chi connectivity index (χ4v) is 1.86. The number of nitrogens with zero attached hydrogens (tertiary/aromatic N) is 10. The van der Waals surface area contributed by atoms with E-state index in [0.29, 0.717) is 0 Å². The van der Waals surface area contributed by atoms with Crippen LogP contribution < -0.4 is 0 Å². The van der Waals surface area contributed by atoms with Gasteiger partial charge in [0.05, 0.1) is 23.4 Å². The zero-order valence-electron chi connectivity index (χ0n) is 14.7. The molecule has 21 heteroatoms. The van der Waals surface area contributed by atoms with Crippen molar-refractivity contribution in [2.75, 3.05) is 13.2 Å². The van der Waals surface area contributed by atoms with Crippen LogP contribution in [-0.4, -0.2) is 50.6 Å². The van der Waals surface area contributed by atoms with Crippen molar-refractivity contribution in [3.8, 4) is 0 Å². The molecule has 164 valence electrons. The van der Waals surface area contributed by atoms with Crippen LogP contribution in [-0.2, 0) is 9.47 Å². The lowest BCUT2D eigenvalue weighted by Gasteiger charge is -2.12. The highest BCUT2D eigenvalue weighted by Gasteiger charge is 2.56. The number of nitro groups is 4. The Hall–Kier alpha value is -4.51. The molecule has 0 heterocycles. The molecule has 0 aromatic rings. The molecular weight excluding hydrogens is 424 g/mol. The van der Waals surface area contributed by atoms with Crippen molar-refractivity contribution in [2.24, 2.45) is 10.2 Å². The predicted octanol–water partition coefficient (Wildman–Crippen LogP) is 1.73. The van der Waals surface area contributed by atoms with Crippen molar-refractivity contribution in [3.05, 3.63) is 61.3 Å². The lowest BCUT2D eigenvalue weighted by molar-refractivity contribution is -0.796. The van der Waals surface area contributed by atoms with Crippen molar-refractivity contribution >= 4 is 6.16 Å². The van der Waals surface area contributed by atoms with E-state index in [9.17, 15) is 45.3 Å². The van der Waals surface area contributed by atoms with Gasteiger partial charge in [0.25, 0.3) is 0 Å². The first-order valence-electron chi connectivity index (χ1n) is 7.50. The topological polar surface area (TPSA) is 306 Å². The van der Waals surface area contributed by atoms with Crippen molar-refractivity contribution in [3.63, 3.8) is 0 Å². The lowest BCUT2D eigenvalue weighted by atomic mass is 10.2. The third kappa shape index (κ3) is 6.28. The molecule has 0 spiro atoms. The third-order valence-electron chi connectivity index (χ3n) is 3.33. The molecule has 0 aliphatic rings. The summed E-state index contributed by atoms with van der Waals surface area (Å²) < 4.78 is 8.92. The van der Waals surface area contributed by atoms with Gasteiger partial charge < -0.3 is 9.47 Å². The second-order valence-electron chi connectivity index (χ2n) is 5.11. The molecule has 0 saturated heterocycles. The first kappa shape index (κ1) is 25.5. The van der Waals surface area contributed by atoms with Crippen LogP contribution in [0.3, 0.4) is 0 Å². The summed E-state index contributed by atoms with van der Waals surface area (Å²) in [5.41, 5.74) is 16.5. The highest BCUT2D eigenvalue weighted by molar-refractivity contribution is 5.59. The van der Waals surface area contributed by atoms with Gasteiger partial charge in [0.2, 0.25) is 0 Å². The van der Waals surface area contributed by atoms with Gasteiger partial charge >= 0.3 is 17.7 Å². The van der Waals surface area contributed by atoms with Gasteiger partial charge in [0.15, 0.2) is 0 Å². The van der Waals surface area contributed by atoms with E-state index in [1.54, 1.807) is 0 Å². The minimum absolute atomic E-state index is 0.473. The van der Waals surface area contributed by atoms with Crippen LogP contribution in [0.1, 0.15) is 25.7 Å². The number of rotatable bonds is 14. The van der Waals surface area contributed by atoms with E-state index in [1.807, 2.05) is 0 Å². The molecular formula is C9H12N10O11. The van der Waals surface area contributed by atoms with Crippen LogP contribution in [0.15, 0.2) is 10.2 Å². The summed E-state index contributed by atoms with van der Waals surface area (Å²) >= 11 is 0. The van der Waals surface area contributed by atoms with Gasteiger partial charge in [-0.3, -0.25) is 40.5 Å². The monoisotopic (exact) mass is 436 g/mol. The predicted molar refractivity (Wildman–Crippen MR) is 87.5 cm³/mol. The molecule has 21 nitrogen and oxygen atoms in total. The van der Waals surface area contributed by atoms with Crippen LogP contribution in [0, 0.1) is 40.5 Å². The summed E-state index contributed by atoms with van der Waals surface area (Å²) in [6, 6.07) is 0. The number of carbonyl (C=O) groups excluding carboxylic acids is 1. The Labute approximate surface area is 163 Å². The fourth-order valence-electron chi connectivity index (χ4n) is 1.86. The van der Waals surface area contributed by atoms with Gasteiger partial charge in [-0.1, -0.05) is 0 Å². The smallest absolute Gasteiger partial charge is 0.434 e. The largest absolute Gasteiger partial charge is 0.545 e. The number of ether oxygens (including phenoxy) is 2. The Bertz CT molecular complexity index is 698. The van der Waals surface area contributed by atoms with E-state index in [1.165, 1.54) is 0 Å². The average molecular weight is 436 g/mol. The van der Waals surface area contributed by atoms with E-state index >= 15 is 0 Å². The van der Waals surface area contributed by atoms with Crippen molar-refractivity contribution in [1.82, 2.24) is 0 Å². The summed E-state index contributed by atoms with van der Waals surface area (Å²) in [5.74, 6) is -6.37. The van der Waals surface area contributed by atoms with Crippen molar-refractivity contribution in [1.29, 1.82) is 0 Å². The Morgan fingerprint density at radius 1 is 0.767 bits per heavy atom. The minimum Gasteiger partial charge on any atom is -0.434 e. The molecule has 0 aromatic carbocycles. The molecule has 0 atom stereocenters. The molecule has 0 aromatic heterocycles. The number of carbonyl (C=O) groups is 1. The molecule has 0 fully saturated rings. The molecule has 0 aliphatic heterocycles. The molecule has 0 aliphatic carbocycles. The number of hydrogen-bond donors (Lipinski definition) is 0. The van der Waals surface area contributed by atoms with Crippen molar-refractivity contribution in [2.45, 2.75) is 37.3 Å². The Kier molecular flexibility index (Phi) is 9.65. The summed E-state index contributed by atoms with van der Waals surface area (Å²) in [5, 5.41) is 48.4. The second-order valence-corrected chi connectivity index (χ2v) is 5.11. The zero-order chi connectivity index (χ0) is 23.4. The van der Waals surface area contributed by atoms with Crippen LogP contribution in [0.4, 0.5) is 4.79 Å². The molecule has 0 bridgehead atoms. The molecule has 0 radical (unpaired) electrons. The van der Waals surface area contributed by atoms with E-state index in [0.717, 1.165) is 0 Å². The van der Waals surface area contributed by atoms with Crippen molar-refractivity contribution < 1.29 is 34.0 Å². The molecule has 30 heavy (non-hydrogen) atoms. The Balaban J connectivity index is 4.58. The molecule has 0 amide bonds. The van der Waals surface area contributed by atoms with Crippen LogP contribution in [0.2, 0.25) is 0 Å². The third-order valence-corrected chi connectivity index (χ3v) is 3.33. The highest BCUT2D eigenvalue weighted by Crippen LogP contribution is 2.22. The zero-order valence-corrected chi connectivity index (χ0v) is 14.7.